The standard InChI is InChI=1S/C22H21N3O2S/c26-21(15-16-28-20-9-5-2-6-10-20)23-18-11-13-19(14-12-18)25-22(27)24-17-7-3-1-4-8-17/h1-14H,15-16H2,(H,23,26)(H2,24,25,27). The van der Waals surface area contributed by atoms with Gasteiger partial charge in [-0.15, -0.1) is 11.8 Å². The molecular weight excluding hydrogens is 370 g/mol. The number of nitrogens with one attached hydrogen (secondary N) is 3. The minimum absolute atomic E-state index is 0.0361. The van der Waals surface area contributed by atoms with Crippen molar-refractivity contribution in [3.8, 4) is 0 Å². The van der Waals surface area contributed by atoms with E-state index in [1.807, 2.05) is 60.7 Å². The molecule has 3 rings (SSSR count). The normalized spacial score (nSPS) is 10.1. The van der Waals surface area contributed by atoms with E-state index in [0.29, 0.717) is 17.8 Å². The van der Waals surface area contributed by atoms with Crippen molar-refractivity contribution in [3.63, 3.8) is 0 Å². The summed E-state index contributed by atoms with van der Waals surface area (Å²) in [6.45, 7) is 0. The largest absolute Gasteiger partial charge is 0.326 e. The zero-order valence-electron chi connectivity index (χ0n) is 15.2. The van der Waals surface area contributed by atoms with Crippen LogP contribution in [-0.4, -0.2) is 17.7 Å². The summed E-state index contributed by atoms with van der Waals surface area (Å²) in [5.74, 6) is 0.681. The second-order valence-corrected chi connectivity index (χ2v) is 7.15. The van der Waals surface area contributed by atoms with Gasteiger partial charge in [0.1, 0.15) is 0 Å². The van der Waals surface area contributed by atoms with E-state index >= 15 is 0 Å². The zero-order valence-corrected chi connectivity index (χ0v) is 16.0. The molecule has 3 aromatic rings. The van der Waals surface area contributed by atoms with Crippen LogP contribution < -0.4 is 16.0 Å². The molecule has 3 aromatic carbocycles. The van der Waals surface area contributed by atoms with Gasteiger partial charge in [0, 0.05) is 34.1 Å². The van der Waals surface area contributed by atoms with Crippen LogP contribution in [0.5, 0.6) is 0 Å². The maximum atomic E-state index is 12.1. The fourth-order valence-corrected chi connectivity index (χ4v) is 3.33. The summed E-state index contributed by atoms with van der Waals surface area (Å²) >= 11 is 1.65. The third kappa shape index (κ3) is 6.48. The van der Waals surface area contributed by atoms with Gasteiger partial charge < -0.3 is 16.0 Å². The highest BCUT2D eigenvalue weighted by Gasteiger charge is 2.05. The third-order valence-electron chi connectivity index (χ3n) is 3.80. The van der Waals surface area contributed by atoms with Crippen LogP contribution in [0.4, 0.5) is 21.9 Å². The fourth-order valence-electron chi connectivity index (χ4n) is 2.45. The van der Waals surface area contributed by atoms with Gasteiger partial charge in [-0.25, -0.2) is 4.79 Å². The summed E-state index contributed by atoms with van der Waals surface area (Å²) in [5, 5.41) is 8.38. The summed E-state index contributed by atoms with van der Waals surface area (Å²) in [4.78, 5) is 25.2. The molecule has 142 valence electrons. The van der Waals surface area contributed by atoms with Crippen LogP contribution in [0.1, 0.15) is 6.42 Å². The van der Waals surface area contributed by atoms with E-state index in [9.17, 15) is 9.59 Å². The maximum Gasteiger partial charge on any atom is 0.323 e. The lowest BCUT2D eigenvalue weighted by molar-refractivity contribution is -0.115. The summed E-state index contributed by atoms with van der Waals surface area (Å²) < 4.78 is 0. The number of rotatable bonds is 7. The van der Waals surface area contributed by atoms with Gasteiger partial charge in [0.15, 0.2) is 0 Å². The van der Waals surface area contributed by atoms with E-state index < -0.39 is 0 Å². The highest BCUT2D eigenvalue weighted by Crippen LogP contribution is 2.19. The number of hydrogen-bond donors (Lipinski definition) is 3. The molecule has 0 fully saturated rings. The number of hydrogen-bond acceptors (Lipinski definition) is 3. The van der Waals surface area contributed by atoms with Gasteiger partial charge in [-0.2, -0.15) is 0 Å². The van der Waals surface area contributed by atoms with Gasteiger partial charge in [0.2, 0.25) is 5.91 Å². The highest BCUT2D eigenvalue weighted by molar-refractivity contribution is 7.99. The Bertz CT molecular complexity index is 900. The Kier molecular flexibility index (Phi) is 7.09. The zero-order chi connectivity index (χ0) is 19.6. The number of benzene rings is 3. The Morgan fingerprint density at radius 1 is 0.643 bits per heavy atom. The monoisotopic (exact) mass is 391 g/mol. The fraction of sp³-hybridized carbons (Fsp3) is 0.0909. The van der Waals surface area contributed by atoms with Crippen molar-refractivity contribution in [2.45, 2.75) is 11.3 Å². The topological polar surface area (TPSA) is 70.2 Å². The van der Waals surface area contributed by atoms with E-state index in [0.717, 1.165) is 16.3 Å². The van der Waals surface area contributed by atoms with Crippen LogP contribution in [0.25, 0.3) is 0 Å². The summed E-state index contributed by atoms with van der Waals surface area (Å²) in [6, 6.07) is 25.9. The summed E-state index contributed by atoms with van der Waals surface area (Å²) in [7, 11) is 0. The van der Waals surface area contributed by atoms with Crippen LogP contribution in [0.2, 0.25) is 0 Å². The van der Waals surface area contributed by atoms with Gasteiger partial charge in [0.05, 0.1) is 0 Å². The van der Waals surface area contributed by atoms with Gasteiger partial charge in [0.25, 0.3) is 0 Å². The number of carbonyl (C=O) groups excluding carboxylic acids is 2. The average molecular weight is 391 g/mol. The predicted octanol–water partition coefficient (Wildman–Crippen LogP) is 5.45. The van der Waals surface area contributed by atoms with Crippen LogP contribution >= 0.6 is 11.8 Å². The number of amides is 3. The second kappa shape index (κ2) is 10.2. The smallest absolute Gasteiger partial charge is 0.323 e. The molecule has 0 radical (unpaired) electrons. The molecule has 0 saturated carbocycles. The molecule has 28 heavy (non-hydrogen) atoms. The van der Waals surface area contributed by atoms with Gasteiger partial charge in [-0.3, -0.25) is 4.79 Å². The number of urea groups is 1. The maximum absolute atomic E-state index is 12.1. The lowest BCUT2D eigenvalue weighted by Crippen LogP contribution is -2.19. The minimum Gasteiger partial charge on any atom is -0.326 e. The van der Waals surface area contributed by atoms with Crippen LogP contribution in [0, 0.1) is 0 Å². The van der Waals surface area contributed by atoms with E-state index in [-0.39, 0.29) is 11.9 Å². The third-order valence-corrected chi connectivity index (χ3v) is 4.81. The van der Waals surface area contributed by atoms with E-state index in [1.54, 1.807) is 36.0 Å². The lowest BCUT2D eigenvalue weighted by Gasteiger charge is -2.09. The molecule has 3 N–H and O–H groups in total. The molecule has 0 aliphatic heterocycles. The first-order valence-electron chi connectivity index (χ1n) is 8.90. The number of carbonyl (C=O) groups is 2. The molecule has 0 aliphatic rings. The van der Waals surface area contributed by atoms with Gasteiger partial charge in [-0.1, -0.05) is 36.4 Å². The van der Waals surface area contributed by atoms with Crippen molar-refractivity contribution in [2.75, 3.05) is 21.7 Å². The Hall–Kier alpha value is -3.25. The minimum atomic E-state index is -0.319. The molecular formula is C22H21N3O2S. The molecule has 3 amide bonds. The van der Waals surface area contributed by atoms with Crippen molar-refractivity contribution in [1.29, 1.82) is 0 Å². The molecule has 0 aliphatic carbocycles. The number of para-hydroxylation sites is 1. The predicted molar refractivity (Wildman–Crippen MR) is 116 cm³/mol. The first-order chi connectivity index (χ1) is 13.7. The van der Waals surface area contributed by atoms with Crippen molar-refractivity contribution >= 4 is 40.8 Å². The van der Waals surface area contributed by atoms with Crippen molar-refractivity contribution < 1.29 is 9.59 Å². The van der Waals surface area contributed by atoms with E-state index in [1.165, 1.54) is 0 Å². The van der Waals surface area contributed by atoms with Crippen molar-refractivity contribution in [3.05, 3.63) is 84.9 Å². The first-order valence-corrected chi connectivity index (χ1v) is 9.88. The molecule has 0 spiro atoms. The van der Waals surface area contributed by atoms with Crippen LogP contribution in [-0.2, 0) is 4.79 Å². The molecule has 0 bridgehead atoms. The molecule has 6 heteroatoms. The van der Waals surface area contributed by atoms with Gasteiger partial charge >= 0.3 is 6.03 Å². The highest BCUT2D eigenvalue weighted by atomic mass is 32.2. The van der Waals surface area contributed by atoms with Crippen LogP contribution in [0.15, 0.2) is 89.8 Å². The summed E-state index contributed by atoms with van der Waals surface area (Å²) in [5.41, 5.74) is 2.06. The molecule has 0 saturated heterocycles. The SMILES string of the molecule is O=C(CCSc1ccccc1)Nc1ccc(NC(=O)Nc2ccccc2)cc1. The molecule has 0 heterocycles. The van der Waals surface area contributed by atoms with Crippen molar-refractivity contribution in [1.82, 2.24) is 0 Å². The Morgan fingerprint density at radius 3 is 1.75 bits per heavy atom. The number of thioether (sulfide) groups is 1. The van der Waals surface area contributed by atoms with Gasteiger partial charge in [-0.05, 0) is 48.5 Å². The Balaban J connectivity index is 1.42. The average Bonchev–Trinajstić information content (AvgIpc) is 2.71. The van der Waals surface area contributed by atoms with E-state index in [4.69, 9.17) is 0 Å². The Labute approximate surface area is 168 Å². The lowest BCUT2D eigenvalue weighted by atomic mass is 10.2. The second-order valence-electron chi connectivity index (χ2n) is 5.98. The first kappa shape index (κ1) is 19.5. The van der Waals surface area contributed by atoms with E-state index in [2.05, 4.69) is 16.0 Å². The van der Waals surface area contributed by atoms with Crippen LogP contribution in [0.3, 0.4) is 0 Å². The quantitative estimate of drug-likeness (QED) is 0.469. The summed E-state index contributed by atoms with van der Waals surface area (Å²) in [6.07, 6.45) is 0.430. The molecule has 5 nitrogen and oxygen atoms in total. The molecule has 0 unspecified atom stereocenters. The van der Waals surface area contributed by atoms with Crippen molar-refractivity contribution in [2.24, 2.45) is 0 Å². The molecule has 0 atom stereocenters. The molecule has 0 aromatic heterocycles. The number of anilines is 3. The Morgan fingerprint density at radius 2 is 1.14 bits per heavy atom.